The van der Waals surface area contributed by atoms with Crippen LogP contribution in [0.2, 0.25) is 0 Å². The number of para-hydroxylation sites is 1. The number of ether oxygens (including phenoxy) is 1. The Hall–Kier alpha value is -3.92. The molecule has 0 aliphatic carbocycles. The van der Waals surface area contributed by atoms with Crippen molar-refractivity contribution in [2.75, 3.05) is 22.6 Å². The van der Waals surface area contributed by atoms with Gasteiger partial charge in [0.25, 0.3) is 0 Å². The Morgan fingerprint density at radius 2 is 1.56 bits per heavy atom. The van der Waals surface area contributed by atoms with Gasteiger partial charge in [0.05, 0.1) is 16.8 Å². The van der Waals surface area contributed by atoms with Gasteiger partial charge in [-0.1, -0.05) is 59.9 Å². The summed E-state index contributed by atoms with van der Waals surface area (Å²) in [5.74, 6) is 0.657. The van der Waals surface area contributed by atoms with Gasteiger partial charge in [0, 0.05) is 16.3 Å². The fourth-order valence-corrected chi connectivity index (χ4v) is 6.01. The molecule has 5 aromatic rings. The van der Waals surface area contributed by atoms with Crippen LogP contribution < -0.4 is 20.7 Å². The van der Waals surface area contributed by atoms with Gasteiger partial charge in [-0.05, 0) is 79.3 Å². The van der Waals surface area contributed by atoms with E-state index in [0.29, 0.717) is 16.9 Å². The molecule has 39 heavy (non-hydrogen) atoms. The minimum Gasteiger partial charge on any atom is -0.494 e. The number of carbonyl (C=O) groups is 1. The minimum atomic E-state index is -0.461. The predicted octanol–water partition coefficient (Wildman–Crippen LogP) is 7.98. The van der Waals surface area contributed by atoms with Crippen LogP contribution in [0, 0.1) is 0 Å². The molecule has 3 N–H and O–H groups in total. The third-order valence-electron chi connectivity index (χ3n) is 5.64. The van der Waals surface area contributed by atoms with Crippen LogP contribution >= 0.6 is 35.3 Å². The smallest absolute Gasteiger partial charge is 0.244 e. The average Bonchev–Trinajstić information content (AvgIpc) is 3.35. The number of thiocarbonyl (C=S) groups is 1. The number of fused-ring (bicyclic) bond motifs is 1. The second kappa shape index (κ2) is 12.8. The number of thioether (sulfide) groups is 1. The highest BCUT2D eigenvalue weighted by Crippen LogP contribution is 2.38. The Balaban J connectivity index is 1.28. The zero-order valence-electron chi connectivity index (χ0n) is 21.1. The van der Waals surface area contributed by atoms with Crippen LogP contribution in [0.3, 0.4) is 0 Å². The minimum absolute atomic E-state index is 0.134. The molecule has 0 bridgehead atoms. The van der Waals surface area contributed by atoms with Gasteiger partial charge in [0.2, 0.25) is 5.91 Å². The van der Waals surface area contributed by atoms with Crippen molar-refractivity contribution < 1.29 is 9.53 Å². The fourth-order valence-electron chi connectivity index (χ4n) is 3.85. The lowest BCUT2D eigenvalue weighted by Crippen LogP contribution is -2.19. The number of rotatable bonds is 9. The lowest BCUT2D eigenvalue weighted by Gasteiger charge is -2.17. The zero-order valence-corrected chi connectivity index (χ0v) is 23.5. The maximum absolute atomic E-state index is 13.5. The molecule has 0 spiro atoms. The Morgan fingerprint density at radius 3 is 2.26 bits per heavy atom. The van der Waals surface area contributed by atoms with Gasteiger partial charge in [-0.2, -0.15) is 0 Å². The first-order valence-electron chi connectivity index (χ1n) is 12.4. The first-order chi connectivity index (χ1) is 19.1. The molecule has 1 amide bonds. The number of thiazole rings is 1. The van der Waals surface area contributed by atoms with Crippen molar-refractivity contribution in [3.63, 3.8) is 0 Å². The quantitative estimate of drug-likeness (QED) is 0.123. The number of carbonyl (C=O) groups excluding carboxylic acids is 1. The SMILES string of the molecule is CCOc1ccc2nc(NC(=O)C(Sc3ccc(NC(=S)Nc4ccccc4)cc3)c3ccccc3)sc2c1. The van der Waals surface area contributed by atoms with Gasteiger partial charge < -0.3 is 20.7 Å². The Morgan fingerprint density at radius 1 is 0.897 bits per heavy atom. The van der Waals surface area contributed by atoms with Crippen molar-refractivity contribution in [3.05, 3.63) is 109 Å². The summed E-state index contributed by atoms with van der Waals surface area (Å²) in [6, 6.07) is 33.1. The number of benzene rings is 4. The maximum atomic E-state index is 13.5. The molecule has 1 atom stereocenters. The molecule has 196 valence electrons. The molecule has 1 aromatic heterocycles. The van der Waals surface area contributed by atoms with Crippen molar-refractivity contribution in [2.45, 2.75) is 17.1 Å². The van der Waals surface area contributed by atoms with Gasteiger partial charge >= 0.3 is 0 Å². The molecule has 1 unspecified atom stereocenters. The Bertz CT molecular complexity index is 1560. The van der Waals surface area contributed by atoms with Gasteiger partial charge in [-0.25, -0.2) is 4.98 Å². The van der Waals surface area contributed by atoms with Crippen LogP contribution in [0.25, 0.3) is 10.2 Å². The summed E-state index contributed by atoms with van der Waals surface area (Å²) in [7, 11) is 0. The number of amides is 1. The molecule has 0 saturated heterocycles. The second-order valence-corrected chi connectivity index (χ2v) is 11.1. The summed E-state index contributed by atoms with van der Waals surface area (Å²) in [6.07, 6.45) is 0. The third-order valence-corrected chi connectivity index (χ3v) is 8.04. The molecule has 5 rings (SSSR count). The van der Waals surface area contributed by atoms with E-state index >= 15 is 0 Å². The van der Waals surface area contributed by atoms with Crippen LogP contribution in [0.1, 0.15) is 17.7 Å². The molecular formula is C30H26N4O2S3. The molecule has 0 radical (unpaired) electrons. The van der Waals surface area contributed by atoms with Gasteiger partial charge in [0.15, 0.2) is 10.2 Å². The summed E-state index contributed by atoms with van der Waals surface area (Å²) in [6.45, 7) is 2.55. The highest BCUT2D eigenvalue weighted by Gasteiger charge is 2.23. The average molecular weight is 571 g/mol. The highest BCUT2D eigenvalue weighted by molar-refractivity contribution is 8.00. The van der Waals surface area contributed by atoms with Crippen LogP contribution in [-0.4, -0.2) is 22.6 Å². The summed E-state index contributed by atoms with van der Waals surface area (Å²) in [5.41, 5.74) is 3.51. The van der Waals surface area contributed by atoms with E-state index in [2.05, 4.69) is 20.9 Å². The maximum Gasteiger partial charge on any atom is 0.244 e. The van der Waals surface area contributed by atoms with Crippen LogP contribution in [-0.2, 0) is 4.79 Å². The van der Waals surface area contributed by atoms with Gasteiger partial charge in [-0.15, -0.1) is 11.8 Å². The fraction of sp³-hybridized carbons (Fsp3) is 0.100. The summed E-state index contributed by atoms with van der Waals surface area (Å²) in [5, 5.41) is 10.0. The molecule has 0 aliphatic heterocycles. The van der Waals surface area contributed by atoms with Crippen molar-refractivity contribution in [2.24, 2.45) is 0 Å². The first-order valence-corrected chi connectivity index (χ1v) is 14.5. The van der Waals surface area contributed by atoms with E-state index in [1.54, 1.807) is 0 Å². The van der Waals surface area contributed by atoms with E-state index in [9.17, 15) is 4.79 Å². The van der Waals surface area contributed by atoms with Crippen molar-refractivity contribution >= 4 is 73.1 Å². The number of nitrogens with one attached hydrogen (secondary N) is 3. The predicted molar refractivity (Wildman–Crippen MR) is 167 cm³/mol. The number of anilines is 3. The number of aromatic nitrogens is 1. The zero-order chi connectivity index (χ0) is 27.0. The molecule has 4 aromatic carbocycles. The van der Waals surface area contributed by atoms with Gasteiger partial charge in [-0.3, -0.25) is 4.79 Å². The number of hydrogen-bond donors (Lipinski definition) is 3. The second-order valence-electron chi connectivity index (χ2n) is 8.45. The normalized spacial score (nSPS) is 11.5. The molecule has 0 saturated carbocycles. The molecule has 6 nitrogen and oxygen atoms in total. The van der Waals surface area contributed by atoms with Crippen LogP contribution in [0.5, 0.6) is 5.75 Å². The summed E-state index contributed by atoms with van der Waals surface area (Å²) < 4.78 is 6.56. The lowest BCUT2D eigenvalue weighted by atomic mass is 10.1. The van der Waals surface area contributed by atoms with Gasteiger partial charge in [0.1, 0.15) is 11.0 Å². The summed E-state index contributed by atoms with van der Waals surface area (Å²) >= 11 is 8.35. The van der Waals surface area contributed by atoms with Crippen molar-refractivity contribution in [3.8, 4) is 5.75 Å². The van der Waals surface area contributed by atoms with E-state index in [-0.39, 0.29) is 5.91 Å². The highest BCUT2D eigenvalue weighted by atomic mass is 32.2. The molecular weight excluding hydrogens is 545 g/mol. The Labute approximate surface area is 240 Å². The Kier molecular flexibility index (Phi) is 8.72. The lowest BCUT2D eigenvalue weighted by molar-refractivity contribution is -0.115. The molecule has 1 heterocycles. The number of hydrogen-bond acceptors (Lipinski definition) is 6. The van der Waals surface area contributed by atoms with E-state index in [1.807, 2.05) is 110 Å². The first kappa shape index (κ1) is 26.7. The largest absolute Gasteiger partial charge is 0.494 e. The molecule has 0 aliphatic rings. The topological polar surface area (TPSA) is 75.3 Å². The van der Waals surface area contributed by atoms with Crippen LogP contribution in [0.15, 0.2) is 108 Å². The standard InChI is InChI=1S/C30H26N4O2S3/c1-2-36-23-15-18-25-26(19-23)39-30(33-25)34-28(35)27(20-9-5-3-6-10-20)38-24-16-13-22(14-17-24)32-29(37)31-21-11-7-4-8-12-21/h3-19,27H,2H2,1H3,(H2,31,32,37)(H,33,34,35). The van der Waals surface area contributed by atoms with E-state index in [1.165, 1.54) is 23.1 Å². The van der Waals surface area contributed by atoms with E-state index < -0.39 is 5.25 Å². The third kappa shape index (κ3) is 7.14. The van der Waals surface area contributed by atoms with E-state index in [4.69, 9.17) is 17.0 Å². The van der Waals surface area contributed by atoms with Crippen LogP contribution in [0.4, 0.5) is 16.5 Å². The monoisotopic (exact) mass is 570 g/mol. The molecule has 0 fully saturated rings. The molecule has 9 heteroatoms. The van der Waals surface area contributed by atoms with Crippen molar-refractivity contribution in [1.82, 2.24) is 4.98 Å². The number of nitrogens with zero attached hydrogens (tertiary/aromatic N) is 1. The summed E-state index contributed by atoms with van der Waals surface area (Å²) in [4.78, 5) is 19.1. The van der Waals surface area contributed by atoms with E-state index in [0.717, 1.165) is 37.8 Å². The van der Waals surface area contributed by atoms with Crippen molar-refractivity contribution in [1.29, 1.82) is 0 Å².